The Labute approximate surface area is 110 Å². The van der Waals surface area contributed by atoms with Crippen LogP contribution < -0.4 is 0 Å². The number of hydrogen-bond donors (Lipinski definition) is 1. The van der Waals surface area contributed by atoms with Gasteiger partial charge in [0, 0.05) is 26.7 Å². The van der Waals surface area contributed by atoms with Gasteiger partial charge < -0.3 is 10.0 Å². The van der Waals surface area contributed by atoms with Crippen LogP contribution in [0.3, 0.4) is 0 Å². The summed E-state index contributed by atoms with van der Waals surface area (Å²) in [6.07, 6.45) is 1.32. The van der Waals surface area contributed by atoms with Crippen molar-refractivity contribution < 1.29 is 5.11 Å². The van der Waals surface area contributed by atoms with Crippen molar-refractivity contribution in [3.8, 4) is 0 Å². The minimum Gasteiger partial charge on any atom is -0.391 e. The third-order valence-corrected chi connectivity index (χ3v) is 5.19. The summed E-state index contributed by atoms with van der Waals surface area (Å²) in [6.45, 7) is 4.23. The highest BCUT2D eigenvalue weighted by atomic mass is 79.9. The van der Waals surface area contributed by atoms with E-state index in [4.69, 9.17) is 0 Å². The zero-order chi connectivity index (χ0) is 12.3. The largest absolute Gasteiger partial charge is 0.391 e. The molecule has 0 fully saturated rings. The maximum atomic E-state index is 10.4. The van der Waals surface area contributed by atoms with Crippen molar-refractivity contribution in [3.63, 3.8) is 0 Å². The molecule has 0 saturated carbocycles. The number of nitrogens with zero attached hydrogens (tertiary/aromatic N) is 1. The fraction of sp³-hybridized carbons (Fsp3) is 0.667. The van der Waals surface area contributed by atoms with E-state index in [0.29, 0.717) is 0 Å². The first-order valence-corrected chi connectivity index (χ1v) is 7.15. The maximum Gasteiger partial charge on any atom is 0.0768 e. The van der Waals surface area contributed by atoms with Crippen LogP contribution in [0.1, 0.15) is 25.1 Å². The molecule has 0 saturated heterocycles. The second kappa shape index (κ2) is 5.63. The number of halogens is 1. The average molecular weight is 306 g/mol. The zero-order valence-corrected chi connectivity index (χ0v) is 12.7. The Morgan fingerprint density at radius 1 is 1.56 bits per heavy atom. The highest BCUT2D eigenvalue weighted by molar-refractivity contribution is 9.10. The Morgan fingerprint density at radius 2 is 2.19 bits per heavy atom. The van der Waals surface area contributed by atoms with E-state index in [1.165, 1.54) is 4.88 Å². The summed E-state index contributed by atoms with van der Waals surface area (Å²) in [5.74, 6) is 0. The molecule has 0 aliphatic rings. The molecule has 0 radical (unpaired) electrons. The van der Waals surface area contributed by atoms with Crippen molar-refractivity contribution in [2.75, 3.05) is 14.1 Å². The molecule has 0 aliphatic carbocycles. The number of likely N-dealkylation sites (N-methyl/N-ethyl adjacent to an activating group) is 1. The average Bonchev–Trinajstić information content (AvgIpc) is 2.62. The van der Waals surface area contributed by atoms with E-state index in [9.17, 15) is 5.11 Å². The first kappa shape index (κ1) is 14.2. The molecule has 4 heteroatoms. The highest BCUT2D eigenvalue weighted by Gasteiger charge is 2.33. The molecule has 92 valence electrons. The standard InChI is InChI=1S/C12H20BrNOS/c1-5-12(2,14(3)4)11(15)7-10-6-9(13)8-16-10/h6,8,11,15H,5,7H2,1-4H3. The van der Waals surface area contributed by atoms with E-state index >= 15 is 0 Å². The van der Waals surface area contributed by atoms with Gasteiger partial charge in [0.05, 0.1) is 6.10 Å². The molecule has 0 amide bonds. The van der Waals surface area contributed by atoms with E-state index in [2.05, 4.69) is 46.1 Å². The van der Waals surface area contributed by atoms with Crippen LogP contribution in [0.15, 0.2) is 15.9 Å². The summed E-state index contributed by atoms with van der Waals surface area (Å²) < 4.78 is 1.10. The van der Waals surface area contributed by atoms with Gasteiger partial charge in [-0.25, -0.2) is 0 Å². The van der Waals surface area contributed by atoms with Gasteiger partial charge in [0.25, 0.3) is 0 Å². The van der Waals surface area contributed by atoms with Gasteiger partial charge in [0.1, 0.15) is 0 Å². The molecule has 0 aromatic carbocycles. The van der Waals surface area contributed by atoms with Crippen molar-refractivity contribution >= 4 is 27.3 Å². The third-order valence-electron chi connectivity index (χ3n) is 3.47. The minimum atomic E-state index is -0.335. The fourth-order valence-corrected chi connectivity index (χ4v) is 3.21. The molecule has 0 spiro atoms. The number of rotatable bonds is 5. The SMILES string of the molecule is CCC(C)(C(O)Cc1cc(Br)cs1)N(C)C. The topological polar surface area (TPSA) is 23.5 Å². The summed E-state index contributed by atoms with van der Waals surface area (Å²) in [7, 11) is 4.05. The smallest absolute Gasteiger partial charge is 0.0768 e. The second-order valence-corrected chi connectivity index (χ2v) is 6.47. The third kappa shape index (κ3) is 3.06. The summed E-state index contributed by atoms with van der Waals surface area (Å²) in [4.78, 5) is 3.33. The monoisotopic (exact) mass is 305 g/mol. The van der Waals surface area contributed by atoms with Crippen LogP contribution in [-0.2, 0) is 6.42 Å². The Balaban J connectivity index is 2.73. The summed E-state index contributed by atoms with van der Waals surface area (Å²) in [5.41, 5.74) is -0.156. The normalized spacial score (nSPS) is 17.4. The fourth-order valence-electron chi connectivity index (χ4n) is 1.72. The first-order chi connectivity index (χ1) is 7.40. The van der Waals surface area contributed by atoms with Gasteiger partial charge in [0.15, 0.2) is 0 Å². The molecular formula is C12H20BrNOS. The molecule has 0 bridgehead atoms. The van der Waals surface area contributed by atoms with Gasteiger partial charge in [-0.15, -0.1) is 11.3 Å². The molecule has 1 aromatic rings. The molecule has 16 heavy (non-hydrogen) atoms. The molecule has 1 rings (SSSR count). The maximum absolute atomic E-state index is 10.4. The van der Waals surface area contributed by atoms with E-state index in [0.717, 1.165) is 17.3 Å². The predicted molar refractivity (Wildman–Crippen MR) is 74.1 cm³/mol. The van der Waals surface area contributed by atoms with Crippen LogP contribution in [0, 0.1) is 0 Å². The van der Waals surface area contributed by atoms with Crippen LogP contribution in [0.4, 0.5) is 0 Å². The van der Waals surface area contributed by atoms with Crippen molar-refractivity contribution in [1.82, 2.24) is 4.90 Å². The first-order valence-electron chi connectivity index (χ1n) is 5.48. The van der Waals surface area contributed by atoms with Crippen molar-refractivity contribution in [3.05, 3.63) is 20.8 Å². The molecule has 1 heterocycles. The van der Waals surface area contributed by atoms with E-state index in [1.807, 2.05) is 14.1 Å². The van der Waals surface area contributed by atoms with Crippen molar-refractivity contribution in [1.29, 1.82) is 0 Å². The van der Waals surface area contributed by atoms with Crippen molar-refractivity contribution in [2.24, 2.45) is 0 Å². The minimum absolute atomic E-state index is 0.156. The summed E-state index contributed by atoms with van der Waals surface area (Å²) in [6, 6.07) is 2.08. The molecule has 1 aromatic heterocycles. The van der Waals surface area contributed by atoms with Gasteiger partial charge in [-0.3, -0.25) is 0 Å². The second-order valence-electron chi connectivity index (χ2n) is 4.56. The Morgan fingerprint density at radius 3 is 2.56 bits per heavy atom. The molecule has 2 unspecified atom stereocenters. The lowest BCUT2D eigenvalue weighted by Crippen LogP contribution is -2.51. The number of aliphatic hydroxyl groups excluding tert-OH is 1. The van der Waals surface area contributed by atoms with Crippen LogP contribution in [0.25, 0.3) is 0 Å². The Hall–Kier alpha value is 0.1000. The molecule has 2 nitrogen and oxygen atoms in total. The zero-order valence-electron chi connectivity index (χ0n) is 10.3. The number of thiophene rings is 1. The lowest BCUT2D eigenvalue weighted by molar-refractivity contribution is 0.00346. The van der Waals surface area contributed by atoms with Crippen molar-refractivity contribution in [2.45, 2.75) is 38.3 Å². The quantitative estimate of drug-likeness (QED) is 0.903. The molecule has 2 atom stereocenters. The van der Waals surface area contributed by atoms with Crippen LogP contribution in [0.5, 0.6) is 0 Å². The lowest BCUT2D eigenvalue weighted by Gasteiger charge is -2.39. The lowest BCUT2D eigenvalue weighted by atomic mass is 9.88. The number of aliphatic hydroxyl groups is 1. The Bertz CT molecular complexity index is 340. The highest BCUT2D eigenvalue weighted by Crippen LogP contribution is 2.27. The molecular weight excluding hydrogens is 286 g/mol. The van der Waals surface area contributed by atoms with E-state index in [1.54, 1.807) is 11.3 Å². The van der Waals surface area contributed by atoms with Crippen LogP contribution in [0.2, 0.25) is 0 Å². The number of hydrogen-bond acceptors (Lipinski definition) is 3. The van der Waals surface area contributed by atoms with Gasteiger partial charge in [-0.2, -0.15) is 0 Å². The predicted octanol–water partition coefficient (Wildman–Crippen LogP) is 3.14. The van der Waals surface area contributed by atoms with E-state index < -0.39 is 0 Å². The van der Waals surface area contributed by atoms with Gasteiger partial charge >= 0.3 is 0 Å². The summed E-state index contributed by atoms with van der Waals surface area (Å²) in [5, 5.41) is 12.4. The molecule has 0 aliphatic heterocycles. The van der Waals surface area contributed by atoms with Gasteiger partial charge in [-0.1, -0.05) is 6.92 Å². The molecule has 1 N–H and O–H groups in total. The van der Waals surface area contributed by atoms with Gasteiger partial charge in [-0.05, 0) is 49.4 Å². The Kier molecular flexibility index (Phi) is 4.98. The van der Waals surface area contributed by atoms with E-state index in [-0.39, 0.29) is 11.6 Å². The van der Waals surface area contributed by atoms with Crippen LogP contribution in [-0.4, -0.2) is 35.7 Å². The summed E-state index contributed by atoms with van der Waals surface area (Å²) >= 11 is 5.13. The van der Waals surface area contributed by atoms with Gasteiger partial charge in [0.2, 0.25) is 0 Å². The van der Waals surface area contributed by atoms with Crippen LogP contribution >= 0.6 is 27.3 Å².